The molecule has 0 radical (unpaired) electrons. The van der Waals surface area contributed by atoms with E-state index in [9.17, 15) is 18.9 Å². The van der Waals surface area contributed by atoms with Crippen LogP contribution in [-0.2, 0) is 6.54 Å². The molecule has 4 nitrogen and oxygen atoms in total. The maximum absolute atomic E-state index is 13.4. The van der Waals surface area contributed by atoms with Gasteiger partial charge in [-0.15, -0.1) is 0 Å². The Balaban J connectivity index is 2.24. The first-order valence-corrected chi connectivity index (χ1v) is 5.97. The molecule has 2 aromatic rings. The number of hydrogen-bond donors (Lipinski definition) is 1. The molecule has 0 bridgehead atoms. The summed E-state index contributed by atoms with van der Waals surface area (Å²) in [4.78, 5) is 10.3. The zero-order valence-corrected chi connectivity index (χ0v) is 10.8. The molecule has 0 unspecified atom stereocenters. The summed E-state index contributed by atoms with van der Waals surface area (Å²) in [7, 11) is 0. The number of anilines is 1. The van der Waals surface area contributed by atoms with E-state index >= 15 is 0 Å². The van der Waals surface area contributed by atoms with Gasteiger partial charge in [-0.3, -0.25) is 10.1 Å². The van der Waals surface area contributed by atoms with E-state index < -0.39 is 16.6 Å². The first-order valence-electron chi connectivity index (χ1n) is 5.59. The minimum absolute atomic E-state index is 0.0444. The zero-order chi connectivity index (χ0) is 14.7. The lowest BCUT2D eigenvalue weighted by Crippen LogP contribution is -2.04. The fourth-order valence-corrected chi connectivity index (χ4v) is 1.89. The molecular weight excluding hydrogens is 290 g/mol. The number of rotatable bonds is 4. The number of nitro groups is 1. The normalized spacial score (nSPS) is 10.3. The van der Waals surface area contributed by atoms with E-state index in [1.54, 1.807) is 0 Å². The van der Waals surface area contributed by atoms with E-state index in [0.717, 1.165) is 18.2 Å². The second kappa shape index (κ2) is 5.83. The summed E-state index contributed by atoms with van der Waals surface area (Å²) in [5.41, 5.74) is 0.0733. The Bertz CT molecular complexity index is 665. The lowest BCUT2D eigenvalue weighted by Gasteiger charge is -2.08. The molecule has 0 saturated heterocycles. The Morgan fingerprint density at radius 2 is 1.95 bits per heavy atom. The van der Waals surface area contributed by atoms with E-state index in [-0.39, 0.29) is 23.5 Å². The molecule has 1 N–H and O–H groups in total. The first-order chi connectivity index (χ1) is 9.47. The predicted molar refractivity (Wildman–Crippen MR) is 71.8 cm³/mol. The Morgan fingerprint density at radius 3 is 2.65 bits per heavy atom. The third kappa shape index (κ3) is 3.21. The molecule has 0 aromatic heterocycles. The van der Waals surface area contributed by atoms with Crippen molar-refractivity contribution in [3.8, 4) is 0 Å². The van der Waals surface area contributed by atoms with Crippen LogP contribution in [0.25, 0.3) is 0 Å². The van der Waals surface area contributed by atoms with E-state index in [0.29, 0.717) is 5.02 Å². The molecule has 0 spiro atoms. The van der Waals surface area contributed by atoms with Gasteiger partial charge in [0.05, 0.1) is 16.2 Å². The van der Waals surface area contributed by atoms with Gasteiger partial charge in [-0.05, 0) is 30.3 Å². The maximum Gasteiger partial charge on any atom is 0.274 e. The molecule has 2 aromatic carbocycles. The van der Waals surface area contributed by atoms with E-state index in [1.807, 2.05) is 0 Å². The highest BCUT2D eigenvalue weighted by Crippen LogP contribution is 2.24. The van der Waals surface area contributed by atoms with Crippen molar-refractivity contribution in [2.75, 3.05) is 5.32 Å². The molecule has 0 aliphatic heterocycles. The Morgan fingerprint density at radius 1 is 1.20 bits per heavy atom. The lowest BCUT2D eigenvalue weighted by molar-refractivity contribution is -0.385. The number of nitrogens with zero attached hydrogens (tertiary/aromatic N) is 1. The number of nitro benzene ring substituents is 1. The SMILES string of the molecule is O=[N+]([O-])c1ccc(Cl)cc1CNc1cc(F)ccc1F. The summed E-state index contributed by atoms with van der Waals surface area (Å²) in [6.07, 6.45) is 0. The van der Waals surface area contributed by atoms with Gasteiger partial charge >= 0.3 is 0 Å². The highest BCUT2D eigenvalue weighted by atomic mass is 35.5. The van der Waals surface area contributed by atoms with Crippen LogP contribution in [0.1, 0.15) is 5.56 Å². The standard InChI is InChI=1S/C13H9ClF2N2O2/c14-9-1-4-13(18(19)20)8(5-9)7-17-12-6-10(15)2-3-11(12)16/h1-6,17H,7H2. The highest BCUT2D eigenvalue weighted by Gasteiger charge is 2.14. The van der Waals surface area contributed by atoms with Crippen LogP contribution in [0.2, 0.25) is 5.02 Å². The third-order valence-electron chi connectivity index (χ3n) is 2.64. The van der Waals surface area contributed by atoms with Crippen molar-refractivity contribution >= 4 is 23.0 Å². The van der Waals surface area contributed by atoms with Crippen LogP contribution >= 0.6 is 11.6 Å². The predicted octanol–water partition coefficient (Wildman–Crippen LogP) is 4.14. The van der Waals surface area contributed by atoms with Crippen LogP contribution in [0.3, 0.4) is 0 Å². The second-order valence-electron chi connectivity index (χ2n) is 4.01. The van der Waals surface area contributed by atoms with Crippen LogP contribution in [0.15, 0.2) is 36.4 Å². The van der Waals surface area contributed by atoms with Crippen LogP contribution in [-0.4, -0.2) is 4.92 Å². The van der Waals surface area contributed by atoms with Crippen molar-refractivity contribution in [3.05, 3.63) is 68.7 Å². The largest absolute Gasteiger partial charge is 0.378 e. The molecule has 0 amide bonds. The molecule has 20 heavy (non-hydrogen) atoms. The van der Waals surface area contributed by atoms with Crippen molar-refractivity contribution in [3.63, 3.8) is 0 Å². The molecule has 0 atom stereocenters. The van der Waals surface area contributed by atoms with Crippen LogP contribution in [0.4, 0.5) is 20.2 Å². The lowest BCUT2D eigenvalue weighted by atomic mass is 10.1. The van der Waals surface area contributed by atoms with Gasteiger partial charge in [-0.25, -0.2) is 8.78 Å². The van der Waals surface area contributed by atoms with Gasteiger partial charge in [-0.2, -0.15) is 0 Å². The van der Waals surface area contributed by atoms with Gasteiger partial charge in [0.2, 0.25) is 0 Å². The zero-order valence-electron chi connectivity index (χ0n) is 10.1. The average molecular weight is 299 g/mol. The van der Waals surface area contributed by atoms with E-state index in [2.05, 4.69) is 5.32 Å². The third-order valence-corrected chi connectivity index (χ3v) is 2.87. The van der Waals surface area contributed by atoms with Gasteiger partial charge in [0.15, 0.2) is 0 Å². The monoisotopic (exact) mass is 298 g/mol. The van der Waals surface area contributed by atoms with Gasteiger partial charge in [0.1, 0.15) is 11.6 Å². The first kappa shape index (κ1) is 14.2. The van der Waals surface area contributed by atoms with E-state index in [4.69, 9.17) is 11.6 Å². The summed E-state index contributed by atoms with van der Waals surface area (Å²) in [5.74, 6) is -1.24. The van der Waals surface area contributed by atoms with Crippen LogP contribution in [0, 0.1) is 21.7 Å². The van der Waals surface area contributed by atoms with Gasteiger partial charge in [0, 0.05) is 17.6 Å². The summed E-state index contributed by atoms with van der Waals surface area (Å²) in [5, 5.41) is 13.8. The molecule has 0 saturated carbocycles. The molecular formula is C13H9ClF2N2O2. The fraction of sp³-hybridized carbons (Fsp3) is 0.0769. The average Bonchev–Trinajstić information content (AvgIpc) is 2.39. The Kier molecular flexibility index (Phi) is 4.14. The van der Waals surface area contributed by atoms with Gasteiger partial charge in [0.25, 0.3) is 5.69 Å². The van der Waals surface area contributed by atoms with Crippen molar-refractivity contribution < 1.29 is 13.7 Å². The molecule has 0 aliphatic carbocycles. The second-order valence-corrected chi connectivity index (χ2v) is 4.44. The van der Waals surface area contributed by atoms with E-state index in [1.165, 1.54) is 18.2 Å². The van der Waals surface area contributed by atoms with Crippen LogP contribution in [0.5, 0.6) is 0 Å². The maximum atomic E-state index is 13.4. The molecule has 104 valence electrons. The number of hydrogen-bond acceptors (Lipinski definition) is 3. The van der Waals surface area contributed by atoms with Crippen LogP contribution < -0.4 is 5.32 Å². The number of nitrogens with one attached hydrogen (secondary N) is 1. The molecule has 7 heteroatoms. The minimum atomic E-state index is -0.643. The van der Waals surface area contributed by atoms with Crippen molar-refractivity contribution in [1.82, 2.24) is 0 Å². The highest BCUT2D eigenvalue weighted by molar-refractivity contribution is 6.30. The molecule has 0 aliphatic rings. The Hall–Kier alpha value is -2.21. The quantitative estimate of drug-likeness (QED) is 0.682. The van der Waals surface area contributed by atoms with Gasteiger partial charge < -0.3 is 5.32 Å². The topological polar surface area (TPSA) is 55.2 Å². The Labute approximate surface area is 118 Å². The number of halogens is 3. The van der Waals surface area contributed by atoms with Gasteiger partial charge in [-0.1, -0.05) is 11.6 Å². The summed E-state index contributed by atoms with van der Waals surface area (Å²) < 4.78 is 26.4. The molecule has 0 heterocycles. The smallest absolute Gasteiger partial charge is 0.274 e. The van der Waals surface area contributed by atoms with Crippen molar-refractivity contribution in [2.45, 2.75) is 6.54 Å². The minimum Gasteiger partial charge on any atom is -0.378 e. The summed E-state index contributed by atoms with van der Waals surface area (Å²) >= 11 is 5.78. The summed E-state index contributed by atoms with van der Waals surface area (Å²) in [6, 6.07) is 7.01. The van der Waals surface area contributed by atoms with Crippen molar-refractivity contribution in [1.29, 1.82) is 0 Å². The molecule has 2 rings (SSSR count). The molecule has 0 fully saturated rings. The number of benzene rings is 2. The summed E-state index contributed by atoms with van der Waals surface area (Å²) in [6.45, 7) is -0.0444. The fourth-order valence-electron chi connectivity index (χ4n) is 1.70. The van der Waals surface area contributed by atoms with Crippen molar-refractivity contribution in [2.24, 2.45) is 0 Å².